The molecule has 31 heavy (non-hydrogen) atoms. The van der Waals surface area contributed by atoms with Gasteiger partial charge in [0.1, 0.15) is 5.60 Å². The summed E-state index contributed by atoms with van der Waals surface area (Å²) in [6.45, 7) is 7.50. The van der Waals surface area contributed by atoms with Crippen LogP contribution in [0.3, 0.4) is 0 Å². The van der Waals surface area contributed by atoms with Gasteiger partial charge in [0.05, 0.1) is 18.8 Å². The first-order valence-electron chi connectivity index (χ1n) is 11.0. The van der Waals surface area contributed by atoms with Gasteiger partial charge in [-0.15, -0.1) is 0 Å². The van der Waals surface area contributed by atoms with E-state index in [-0.39, 0.29) is 11.1 Å². The van der Waals surface area contributed by atoms with E-state index >= 15 is 0 Å². The summed E-state index contributed by atoms with van der Waals surface area (Å²) in [7, 11) is -0.884. The first kappa shape index (κ1) is 22.0. The average molecular weight is 433 g/mol. The van der Waals surface area contributed by atoms with E-state index < -0.39 is 21.5 Å². The number of epoxide rings is 1. The number of aliphatic hydroxyl groups excluding tert-OH is 1. The second-order valence-corrected chi connectivity index (χ2v) is 12.3. The van der Waals surface area contributed by atoms with Crippen molar-refractivity contribution >= 4 is 9.76 Å². The molecule has 2 atom stereocenters. The molecule has 1 unspecified atom stereocenters. The molecule has 4 heteroatoms. The van der Waals surface area contributed by atoms with Crippen LogP contribution in [0.4, 0.5) is 0 Å². The lowest BCUT2D eigenvalue weighted by Crippen LogP contribution is -2.36. The molecule has 0 aromatic heterocycles. The van der Waals surface area contributed by atoms with Gasteiger partial charge in [-0.05, 0) is 27.3 Å². The van der Waals surface area contributed by atoms with Gasteiger partial charge in [-0.3, -0.25) is 0 Å². The molecule has 1 heterocycles. The molecule has 1 aliphatic heterocycles. The van der Waals surface area contributed by atoms with E-state index in [9.17, 15) is 5.11 Å². The summed E-state index contributed by atoms with van der Waals surface area (Å²) in [5.41, 5.74) is 3.57. The molecule has 0 amide bonds. The number of rotatable bonds is 8. The van der Waals surface area contributed by atoms with Crippen molar-refractivity contribution < 1.29 is 14.3 Å². The van der Waals surface area contributed by atoms with Crippen LogP contribution in [-0.2, 0) is 14.8 Å². The zero-order valence-corrected chi connectivity index (χ0v) is 20.0. The zero-order chi connectivity index (χ0) is 21.9. The number of benzene rings is 3. The van der Waals surface area contributed by atoms with Crippen molar-refractivity contribution in [3.63, 3.8) is 0 Å². The lowest BCUT2D eigenvalue weighted by molar-refractivity contribution is 0.151. The van der Waals surface area contributed by atoms with E-state index in [0.29, 0.717) is 6.42 Å². The Bertz CT molecular complexity index is 921. The second kappa shape index (κ2) is 9.09. The highest BCUT2D eigenvalue weighted by atomic mass is 28.2. The van der Waals surface area contributed by atoms with Crippen LogP contribution < -0.4 is 0 Å². The molecular formula is C27H32O3Si. The standard InChI is InChI=1S/C27H32O3Si/c1-26(2,3)31-30-27(21-10-6-4-7-11-21,22-12-8-5-9-13-22)23-16-14-20(15-17-23)25(28)18-24-19-29-24/h4-17,24-25,28H,18-19,31H2,1-3H3/t24?,25-/m1/s1. The van der Waals surface area contributed by atoms with Gasteiger partial charge in [0.25, 0.3) is 0 Å². The fourth-order valence-corrected chi connectivity index (χ4v) is 5.10. The maximum atomic E-state index is 10.6. The van der Waals surface area contributed by atoms with Crippen LogP contribution in [0.5, 0.6) is 0 Å². The molecule has 3 nitrogen and oxygen atoms in total. The van der Waals surface area contributed by atoms with Crippen LogP contribution in [0.25, 0.3) is 0 Å². The molecular weight excluding hydrogens is 400 g/mol. The van der Waals surface area contributed by atoms with Gasteiger partial charge in [0.15, 0.2) is 9.76 Å². The second-order valence-electron chi connectivity index (χ2n) is 9.59. The number of hydrogen-bond donors (Lipinski definition) is 1. The fraction of sp³-hybridized carbons (Fsp3) is 0.333. The van der Waals surface area contributed by atoms with Crippen LogP contribution >= 0.6 is 0 Å². The van der Waals surface area contributed by atoms with Crippen LogP contribution in [0.1, 0.15) is 55.5 Å². The van der Waals surface area contributed by atoms with Crippen molar-refractivity contribution in [3.8, 4) is 0 Å². The molecule has 4 rings (SSSR count). The average Bonchev–Trinajstić information content (AvgIpc) is 3.59. The SMILES string of the molecule is CC(C)(C)[SiH2]OC(c1ccccc1)(c1ccccc1)c1ccc([C@H](O)CC2CO2)cc1. The minimum atomic E-state index is -0.884. The molecule has 0 aliphatic carbocycles. The van der Waals surface area contributed by atoms with Gasteiger partial charge in [-0.1, -0.05) is 106 Å². The minimum absolute atomic E-state index is 0.148. The molecule has 3 aromatic rings. The molecule has 3 aromatic carbocycles. The van der Waals surface area contributed by atoms with Gasteiger partial charge in [0.2, 0.25) is 0 Å². The quantitative estimate of drug-likeness (QED) is 0.305. The summed E-state index contributed by atoms with van der Waals surface area (Å²) in [6.07, 6.45) is 0.341. The third-order valence-corrected chi connectivity index (χ3v) is 7.12. The highest BCUT2D eigenvalue weighted by Gasteiger charge is 2.38. The van der Waals surface area contributed by atoms with Gasteiger partial charge in [-0.2, -0.15) is 0 Å². The first-order chi connectivity index (χ1) is 14.9. The molecule has 1 fully saturated rings. The summed E-state index contributed by atoms with van der Waals surface area (Å²) in [5.74, 6) is 0. The zero-order valence-electron chi connectivity index (χ0n) is 18.6. The summed E-state index contributed by atoms with van der Waals surface area (Å²) in [4.78, 5) is 0. The van der Waals surface area contributed by atoms with E-state index in [4.69, 9.17) is 9.16 Å². The largest absolute Gasteiger partial charge is 0.406 e. The smallest absolute Gasteiger partial charge is 0.169 e. The minimum Gasteiger partial charge on any atom is -0.406 e. The summed E-state index contributed by atoms with van der Waals surface area (Å²) in [6, 6.07) is 29.3. The van der Waals surface area contributed by atoms with Crippen molar-refractivity contribution in [1.82, 2.24) is 0 Å². The summed E-state index contributed by atoms with van der Waals surface area (Å²) >= 11 is 0. The Labute approximate surface area is 188 Å². The van der Waals surface area contributed by atoms with Crippen LogP contribution in [0.2, 0.25) is 5.04 Å². The third kappa shape index (κ3) is 5.16. The molecule has 1 N–H and O–H groups in total. The summed E-state index contributed by atoms with van der Waals surface area (Å²) in [5, 5.41) is 10.7. The first-order valence-corrected chi connectivity index (χ1v) is 12.3. The number of hydrogen-bond acceptors (Lipinski definition) is 3. The van der Waals surface area contributed by atoms with Gasteiger partial charge in [-0.25, -0.2) is 0 Å². The monoisotopic (exact) mass is 432 g/mol. The molecule has 0 saturated carbocycles. The van der Waals surface area contributed by atoms with Crippen LogP contribution in [0, 0.1) is 0 Å². The lowest BCUT2D eigenvalue weighted by atomic mass is 9.80. The van der Waals surface area contributed by atoms with Crippen molar-refractivity contribution in [2.75, 3.05) is 6.61 Å². The molecule has 1 aliphatic rings. The van der Waals surface area contributed by atoms with Crippen molar-refractivity contribution in [2.45, 2.75) is 50.0 Å². The lowest BCUT2D eigenvalue weighted by Gasteiger charge is -2.38. The molecule has 0 bridgehead atoms. The Balaban J connectivity index is 1.80. The molecule has 1 saturated heterocycles. The highest BCUT2D eigenvalue weighted by Crippen LogP contribution is 2.42. The Morgan fingerprint density at radius 2 is 1.35 bits per heavy atom. The van der Waals surface area contributed by atoms with Crippen molar-refractivity contribution in [3.05, 3.63) is 107 Å². The normalized spacial score (nSPS) is 17.7. The van der Waals surface area contributed by atoms with Gasteiger partial charge < -0.3 is 14.3 Å². The van der Waals surface area contributed by atoms with Gasteiger partial charge in [0, 0.05) is 6.42 Å². The Morgan fingerprint density at radius 3 is 1.81 bits per heavy atom. The van der Waals surface area contributed by atoms with E-state index in [0.717, 1.165) is 28.9 Å². The fourth-order valence-electron chi connectivity index (χ4n) is 3.95. The van der Waals surface area contributed by atoms with E-state index in [1.807, 2.05) is 24.3 Å². The van der Waals surface area contributed by atoms with E-state index in [1.54, 1.807) is 0 Å². The van der Waals surface area contributed by atoms with Gasteiger partial charge >= 0.3 is 0 Å². The Morgan fingerprint density at radius 1 is 0.871 bits per heavy atom. The molecule has 0 spiro atoms. The van der Waals surface area contributed by atoms with E-state index in [2.05, 4.69) is 81.4 Å². The van der Waals surface area contributed by atoms with E-state index in [1.165, 1.54) is 0 Å². The third-order valence-electron chi connectivity index (χ3n) is 5.67. The topological polar surface area (TPSA) is 42.0 Å². The predicted octanol–water partition coefficient (Wildman–Crippen LogP) is 5.12. The molecule has 162 valence electrons. The Kier molecular flexibility index (Phi) is 6.44. The maximum Gasteiger partial charge on any atom is 0.169 e. The van der Waals surface area contributed by atoms with Crippen LogP contribution in [0.15, 0.2) is 84.9 Å². The maximum absolute atomic E-state index is 10.6. The highest BCUT2D eigenvalue weighted by molar-refractivity contribution is 6.32. The number of aliphatic hydroxyl groups is 1. The van der Waals surface area contributed by atoms with Crippen molar-refractivity contribution in [1.29, 1.82) is 0 Å². The molecule has 0 radical (unpaired) electrons. The summed E-state index contributed by atoms with van der Waals surface area (Å²) < 4.78 is 12.3. The number of ether oxygens (including phenoxy) is 1. The Hall–Kier alpha value is -2.24. The predicted molar refractivity (Wildman–Crippen MR) is 128 cm³/mol. The van der Waals surface area contributed by atoms with Crippen molar-refractivity contribution in [2.24, 2.45) is 0 Å². The van der Waals surface area contributed by atoms with Crippen LogP contribution in [-0.4, -0.2) is 27.6 Å².